The van der Waals surface area contributed by atoms with E-state index in [1.54, 1.807) is 19.9 Å². The summed E-state index contributed by atoms with van der Waals surface area (Å²) in [6, 6.07) is 5.10. The second kappa shape index (κ2) is 6.24. The van der Waals surface area contributed by atoms with Gasteiger partial charge in [-0.3, -0.25) is 4.79 Å². The number of anilines is 1. The van der Waals surface area contributed by atoms with Crippen LogP contribution in [0.4, 0.5) is 5.69 Å². The largest absolute Gasteiger partial charge is 0.487 e. The molecule has 0 amide bonds. The summed E-state index contributed by atoms with van der Waals surface area (Å²) in [6.45, 7) is 6.62. The van der Waals surface area contributed by atoms with Crippen molar-refractivity contribution in [2.24, 2.45) is 0 Å². The van der Waals surface area contributed by atoms with E-state index in [0.29, 0.717) is 12.1 Å². The van der Waals surface area contributed by atoms with E-state index in [1.807, 2.05) is 19.1 Å². The molecule has 110 valence electrons. The van der Waals surface area contributed by atoms with Crippen LogP contribution in [0.25, 0.3) is 0 Å². The molecule has 3 atom stereocenters. The summed E-state index contributed by atoms with van der Waals surface area (Å²) in [7, 11) is 0. The Hall–Kier alpha value is -1.59. The van der Waals surface area contributed by atoms with Crippen molar-refractivity contribution in [3.05, 3.63) is 23.8 Å². The van der Waals surface area contributed by atoms with Crippen molar-refractivity contribution in [1.82, 2.24) is 5.32 Å². The fraction of sp³-hybridized carbons (Fsp3) is 0.533. The van der Waals surface area contributed by atoms with Crippen LogP contribution in [-0.4, -0.2) is 42.2 Å². The van der Waals surface area contributed by atoms with Gasteiger partial charge in [0, 0.05) is 12.1 Å². The highest BCUT2D eigenvalue weighted by atomic mass is 16.5. The van der Waals surface area contributed by atoms with Gasteiger partial charge in [0.25, 0.3) is 0 Å². The third-order valence-corrected chi connectivity index (χ3v) is 3.28. The topological polar surface area (TPSA) is 70.6 Å². The molecule has 0 saturated heterocycles. The van der Waals surface area contributed by atoms with Gasteiger partial charge in [0.15, 0.2) is 5.78 Å². The first-order valence-corrected chi connectivity index (χ1v) is 6.97. The SMILES string of the molecule is CC(O)CNC(C)C(=O)c1ccc2c(c1)NCC(C)O2. The molecule has 3 N–H and O–H groups in total. The maximum absolute atomic E-state index is 12.3. The summed E-state index contributed by atoms with van der Waals surface area (Å²) in [6.07, 6.45) is -0.332. The lowest BCUT2D eigenvalue weighted by atomic mass is 10.0. The summed E-state index contributed by atoms with van der Waals surface area (Å²) < 4.78 is 5.68. The second-order valence-corrected chi connectivity index (χ2v) is 5.36. The van der Waals surface area contributed by atoms with Crippen LogP contribution in [0, 0.1) is 0 Å². The Morgan fingerprint density at radius 1 is 1.55 bits per heavy atom. The van der Waals surface area contributed by atoms with Crippen LogP contribution in [0.15, 0.2) is 18.2 Å². The molecule has 1 heterocycles. The van der Waals surface area contributed by atoms with E-state index in [9.17, 15) is 9.90 Å². The Bertz CT molecular complexity index is 488. The minimum atomic E-state index is -0.467. The zero-order valence-corrected chi connectivity index (χ0v) is 12.1. The van der Waals surface area contributed by atoms with E-state index >= 15 is 0 Å². The molecular formula is C15H22N2O3. The quantitative estimate of drug-likeness (QED) is 0.711. The van der Waals surface area contributed by atoms with Crippen LogP contribution >= 0.6 is 0 Å². The molecule has 1 aromatic rings. The number of ether oxygens (including phenoxy) is 1. The second-order valence-electron chi connectivity index (χ2n) is 5.36. The lowest BCUT2D eigenvalue weighted by molar-refractivity contribution is 0.0941. The van der Waals surface area contributed by atoms with Gasteiger partial charge in [-0.25, -0.2) is 0 Å². The molecule has 20 heavy (non-hydrogen) atoms. The minimum absolute atomic E-state index is 0.00821. The number of benzene rings is 1. The van der Waals surface area contributed by atoms with Crippen LogP contribution < -0.4 is 15.4 Å². The zero-order chi connectivity index (χ0) is 14.7. The molecule has 2 rings (SSSR count). The van der Waals surface area contributed by atoms with Crippen molar-refractivity contribution in [2.45, 2.75) is 39.0 Å². The average molecular weight is 278 g/mol. The Morgan fingerprint density at radius 2 is 2.30 bits per heavy atom. The van der Waals surface area contributed by atoms with Crippen molar-refractivity contribution in [2.75, 3.05) is 18.4 Å². The van der Waals surface area contributed by atoms with Crippen LogP contribution in [-0.2, 0) is 0 Å². The number of carbonyl (C=O) groups is 1. The standard InChI is InChI=1S/C15H22N2O3/c1-9(18)7-16-11(3)15(19)12-4-5-14-13(6-12)17-8-10(2)20-14/h4-6,9-11,16-18H,7-8H2,1-3H3. The number of carbonyl (C=O) groups excluding carboxylic acids is 1. The molecular weight excluding hydrogens is 256 g/mol. The maximum Gasteiger partial charge on any atom is 0.179 e. The Labute approximate surface area is 119 Å². The predicted molar refractivity (Wildman–Crippen MR) is 78.5 cm³/mol. The van der Waals surface area contributed by atoms with E-state index < -0.39 is 6.10 Å². The number of aliphatic hydroxyl groups is 1. The molecule has 0 fully saturated rings. The van der Waals surface area contributed by atoms with Crippen molar-refractivity contribution >= 4 is 11.5 Å². The van der Waals surface area contributed by atoms with Crippen molar-refractivity contribution in [3.63, 3.8) is 0 Å². The number of nitrogens with one attached hydrogen (secondary N) is 2. The fourth-order valence-electron chi connectivity index (χ4n) is 2.13. The van der Waals surface area contributed by atoms with E-state index in [1.165, 1.54) is 0 Å². The van der Waals surface area contributed by atoms with E-state index in [-0.39, 0.29) is 17.9 Å². The third-order valence-electron chi connectivity index (χ3n) is 3.28. The number of ketones is 1. The van der Waals surface area contributed by atoms with Gasteiger partial charge in [0.05, 0.1) is 24.4 Å². The number of aliphatic hydroxyl groups excluding tert-OH is 1. The highest BCUT2D eigenvalue weighted by Crippen LogP contribution is 2.30. The molecule has 5 nitrogen and oxygen atoms in total. The number of rotatable bonds is 5. The molecule has 0 saturated carbocycles. The smallest absolute Gasteiger partial charge is 0.179 e. The number of hydrogen-bond acceptors (Lipinski definition) is 5. The van der Waals surface area contributed by atoms with Gasteiger partial charge in [-0.1, -0.05) is 0 Å². The molecule has 1 aliphatic heterocycles. The van der Waals surface area contributed by atoms with Gasteiger partial charge in [-0.15, -0.1) is 0 Å². The van der Waals surface area contributed by atoms with Crippen LogP contribution in [0.3, 0.4) is 0 Å². The summed E-state index contributed by atoms with van der Waals surface area (Å²) in [4.78, 5) is 12.3. The molecule has 0 bridgehead atoms. The summed E-state index contributed by atoms with van der Waals surface area (Å²) >= 11 is 0. The summed E-state index contributed by atoms with van der Waals surface area (Å²) in [5.74, 6) is 0.791. The van der Waals surface area contributed by atoms with Gasteiger partial charge in [0.2, 0.25) is 0 Å². The van der Waals surface area contributed by atoms with Gasteiger partial charge in [-0.2, -0.15) is 0 Å². The highest BCUT2D eigenvalue weighted by molar-refractivity contribution is 6.01. The fourth-order valence-corrected chi connectivity index (χ4v) is 2.13. The van der Waals surface area contributed by atoms with Crippen molar-refractivity contribution < 1.29 is 14.6 Å². The van der Waals surface area contributed by atoms with E-state index in [2.05, 4.69) is 10.6 Å². The Kier molecular flexibility index (Phi) is 4.62. The number of hydrogen-bond donors (Lipinski definition) is 3. The molecule has 0 aromatic heterocycles. The van der Waals surface area contributed by atoms with Crippen molar-refractivity contribution in [1.29, 1.82) is 0 Å². The zero-order valence-electron chi connectivity index (χ0n) is 12.1. The van der Waals surface area contributed by atoms with Crippen LogP contribution in [0.2, 0.25) is 0 Å². The highest BCUT2D eigenvalue weighted by Gasteiger charge is 2.20. The first kappa shape index (κ1) is 14.8. The van der Waals surface area contributed by atoms with E-state index in [0.717, 1.165) is 18.0 Å². The molecule has 1 aromatic carbocycles. The number of Topliss-reactive ketones (excluding diaryl/α,β-unsaturated/α-hetero) is 1. The molecule has 0 spiro atoms. The Balaban J connectivity index is 2.07. The Morgan fingerprint density at radius 3 is 3.00 bits per heavy atom. The first-order chi connectivity index (χ1) is 9.47. The normalized spacial score (nSPS) is 20.3. The van der Waals surface area contributed by atoms with Crippen molar-refractivity contribution in [3.8, 4) is 5.75 Å². The molecule has 1 aliphatic rings. The minimum Gasteiger partial charge on any atom is -0.487 e. The molecule has 0 aliphatic carbocycles. The molecule has 0 radical (unpaired) electrons. The third kappa shape index (κ3) is 3.49. The van der Waals surface area contributed by atoms with E-state index in [4.69, 9.17) is 4.74 Å². The molecule has 5 heteroatoms. The average Bonchev–Trinajstić information content (AvgIpc) is 2.43. The van der Waals surface area contributed by atoms with Gasteiger partial charge in [0.1, 0.15) is 11.9 Å². The maximum atomic E-state index is 12.3. The summed E-state index contributed by atoms with van der Waals surface area (Å²) in [5.41, 5.74) is 1.50. The van der Waals surface area contributed by atoms with Gasteiger partial charge >= 0.3 is 0 Å². The van der Waals surface area contributed by atoms with Gasteiger partial charge in [-0.05, 0) is 39.0 Å². The monoisotopic (exact) mass is 278 g/mol. The first-order valence-electron chi connectivity index (χ1n) is 6.97. The van der Waals surface area contributed by atoms with Crippen LogP contribution in [0.1, 0.15) is 31.1 Å². The van der Waals surface area contributed by atoms with Crippen LogP contribution in [0.5, 0.6) is 5.75 Å². The lowest BCUT2D eigenvalue weighted by Gasteiger charge is -2.25. The lowest BCUT2D eigenvalue weighted by Crippen LogP contribution is -2.38. The summed E-state index contributed by atoms with van der Waals surface area (Å²) in [5, 5.41) is 15.5. The predicted octanol–water partition coefficient (Wildman–Crippen LogP) is 1.42. The van der Waals surface area contributed by atoms with Gasteiger partial charge < -0.3 is 20.5 Å². The molecule has 3 unspecified atom stereocenters. The number of fused-ring (bicyclic) bond motifs is 1.